The van der Waals surface area contributed by atoms with Crippen molar-refractivity contribution < 1.29 is 4.79 Å². The van der Waals surface area contributed by atoms with Crippen molar-refractivity contribution in [2.75, 3.05) is 6.54 Å². The Kier molecular flexibility index (Phi) is 5.86. The quantitative estimate of drug-likeness (QED) is 0.513. The van der Waals surface area contributed by atoms with Gasteiger partial charge in [0, 0.05) is 14.6 Å². The summed E-state index contributed by atoms with van der Waals surface area (Å²) in [7, 11) is 0. The molecule has 2 aromatic rings. The molecule has 1 N–H and O–H groups in total. The van der Waals surface area contributed by atoms with Gasteiger partial charge in [-0.2, -0.15) is 0 Å². The first-order valence-corrected chi connectivity index (χ1v) is 8.31. The molecule has 0 saturated heterocycles. The van der Waals surface area contributed by atoms with Gasteiger partial charge < -0.3 is 5.32 Å². The summed E-state index contributed by atoms with van der Waals surface area (Å²) >= 11 is 11.8. The van der Waals surface area contributed by atoms with Gasteiger partial charge in [0.2, 0.25) is 0 Å². The fourth-order valence-electron chi connectivity index (χ4n) is 1.73. The Bertz CT molecular complexity index is 606. The number of benzene rings is 2. The summed E-state index contributed by atoms with van der Waals surface area (Å²) in [5.41, 5.74) is 1.65. The lowest BCUT2D eigenvalue weighted by Crippen LogP contribution is -2.27. The molecule has 0 aromatic heterocycles. The van der Waals surface area contributed by atoms with Gasteiger partial charge in [-0.15, -0.1) is 11.6 Å². The molecule has 5 heteroatoms. The summed E-state index contributed by atoms with van der Waals surface area (Å²) < 4.78 is 1.79. The standard InChI is InChI=1S/C15H12BrClINO/c16-11-6-7-14(18)12(8-11)15(20)19-9-13(17)10-4-2-1-3-5-10/h1-8,13H,9H2,(H,19,20). The minimum Gasteiger partial charge on any atom is -0.350 e. The summed E-state index contributed by atoms with van der Waals surface area (Å²) in [5.74, 6) is -0.114. The Balaban J connectivity index is 2.00. The van der Waals surface area contributed by atoms with Crippen LogP contribution in [-0.2, 0) is 0 Å². The predicted octanol–water partition coefficient (Wildman–Crippen LogP) is 4.76. The van der Waals surface area contributed by atoms with Crippen LogP contribution in [0.3, 0.4) is 0 Å². The van der Waals surface area contributed by atoms with E-state index in [1.165, 1.54) is 0 Å². The van der Waals surface area contributed by atoms with Gasteiger partial charge in [0.05, 0.1) is 10.9 Å². The Morgan fingerprint density at radius 1 is 1.25 bits per heavy atom. The highest BCUT2D eigenvalue weighted by molar-refractivity contribution is 14.1. The number of hydrogen-bond acceptors (Lipinski definition) is 1. The average molecular weight is 465 g/mol. The number of halogens is 3. The Morgan fingerprint density at radius 2 is 1.95 bits per heavy atom. The van der Waals surface area contributed by atoms with Gasteiger partial charge in [0.15, 0.2) is 0 Å². The molecule has 0 radical (unpaired) electrons. The molecule has 104 valence electrons. The third kappa shape index (κ3) is 4.20. The normalized spacial score (nSPS) is 11.9. The summed E-state index contributed by atoms with van der Waals surface area (Å²) in [5, 5.41) is 2.64. The highest BCUT2D eigenvalue weighted by atomic mass is 127. The van der Waals surface area contributed by atoms with Crippen molar-refractivity contribution in [3.8, 4) is 0 Å². The first kappa shape index (κ1) is 15.8. The van der Waals surface area contributed by atoms with Crippen molar-refractivity contribution in [3.63, 3.8) is 0 Å². The van der Waals surface area contributed by atoms with Crippen molar-refractivity contribution in [3.05, 3.63) is 67.7 Å². The third-order valence-corrected chi connectivity index (χ3v) is 4.62. The van der Waals surface area contributed by atoms with Crippen LogP contribution in [0.4, 0.5) is 0 Å². The van der Waals surface area contributed by atoms with E-state index in [0.29, 0.717) is 12.1 Å². The van der Waals surface area contributed by atoms with Crippen molar-refractivity contribution in [2.45, 2.75) is 5.38 Å². The lowest BCUT2D eigenvalue weighted by atomic mass is 10.1. The maximum Gasteiger partial charge on any atom is 0.252 e. The maximum atomic E-state index is 12.2. The van der Waals surface area contributed by atoms with Gasteiger partial charge in [0.25, 0.3) is 5.91 Å². The summed E-state index contributed by atoms with van der Waals surface area (Å²) in [6, 6.07) is 15.3. The second-order valence-electron chi connectivity index (χ2n) is 4.21. The first-order chi connectivity index (χ1) is 9.58. The van der Waals surface area contributed by atoms with Gasteiger partial charge in [-0.25, -0.2) is 0 Å². The minimum absolute atomic E-state index is 0.114. The van der Waals surface area contributed by atoms with Crippen LogP contribution in [-0.4, -0.2) is 12.5 Å². The second-order valence-corrected chi connectivity index (χ2v) is 6.82. The van der Waals surface area contributed by atoms with Crippen molar-refractivity contribution in [2.24, 2.45) is 0 Å². The van der Waals surface area contributed by atoms with Crippen LogP contribution in [0.15, 0.2) is 53.0 Å². The number of carbonyl (C=O) groups is 1. The summed E-state index contributed by atoms with van der Waals surface area (Å²) in [6.07, 6.45) is 0. The van der Waals surface area contributed by atoms with E-state index >= 15 is 0 Å². The Hall–Kier alpha value is -0.590. The first-order valence-electron chi connectivity index (χ1n) is 6.00. The third-order valence-electron chi connectivity index (χ3n) is 2.78. The number of amides is 1. The number of hydrogen-bond donors (Lipinski definition) is 1. The van der Waals surface area contributed by atoms with Gasteiger partial charge in [0.1, 0.15) is 0 Å². The van der Waals surface area contributed by atoms with E-state index in [0.717, 1.165) is 13.6 Å². The van der Waals surface area contributed by atoms with E-state index in [1.54, 1.807) is 0 Å². The molecule has 0 fully saturated rings. The molecule has 0 aliphatic carbocycles. The van der Waals surface area contributed by atoms with Gasteiger partial charge in [-0.1, -0.05) is 46.3 Å². The van der Waals surface area contributed by atoms with Crippen molar-refractivity contribution >= 4 is 56.0 Å². The number of rotatable bonds is 4. The zero-order valence-corrected chi connectivity index (χ0v) is 14.9. The van der Waals surface area contributed by atoms with E-state index in [4.69, 9.17) is 11.6 Å². The molecule has 2 rings (SSSR count). The predicted molar refractivity (Wildman–Crippen MR) is 94.2 cm³/mol. The second kappa shape index (κ2) is 7.43. The molecule has 2 aromatic carbocycles. The molecule has 1 atom stereocenters. The fraction of sp³-hybridized carbons (Fsp3) is 0.133. The van der Waals surface area contributed by atoms with Crippen molar-refractivity contribution in [1.82, 2.24) is 5.32 Å². The Morgan fingerprint density at radius 3 is 2.65 bits per heavy atom. The van der Waals surface area contributed by atoms with Crippen LogP contribution in [0.5, 0.6) is 0 Å². The van der Waals surface area contributed by atoms with Crippen LogP contribution >= 0.6 is 50.1 Å². The zero-order chi connectivity index (χ0) is 14.5. The van der Waals surface area contributed by atoms with E-state index < -0.39 is 0 Å². The van der Waals surface area contributed by atoms with Gasteiger partial charge >= 0.3 is 0 Å². The minimum atomic E-state index is -0.232. The van der Waals surface area contributed by atoms with Crippen LogP contribution in [0.2, 0.25) is 0 Å². The topological polar surface area (TPSA) is 29.1 Å². The largest absolute Gasteiger partial charge is 0.350 e. The van der Waals surface area contributed by atoms with Crippen LogP contribution in [0.1, 0.15) is 21.3 Å². The molecule has 0 bridgehead atoms. The van der Waals surface area contributed by atoms with Crippen molar-refractivity contribution in [1.29, 1.82) is 0 Å². The zero-order valence-electron chi connectivity index (χ0n) is 10.4. The Labute approximate surface area is 145 Å². The molecule has 1 amide bonds. The van der Waals surface area contributed by atoms with Crippen LogP contribution in [0, 0.1) is 3.57 Å². The lowest BCUT2D eigenvalue weighted by Gasteiger charge is -2.12. The monoisotopic (exact) mass is 463 g/mol. The van der Waals surface area contributed by atoms with E-state index in [2.05, 4.69) is 43.8 Å². The highest BCUT2D eigenvalue weighted by Crippen LogP contribution is 2.20. The van der Waals surface area contributed by atoms with E-state index in [9.17, 15) is 4.79 Å². The molecule has 0 heterocycles. The molecule has 1 unspecified atom stereocenters. The molecule has 0 aliphatic rings. The van der Waals surface area contributed by atoms with E-state index in [1.807, 2.05) is 48.5 Å². The number of carbonyl (C=O) groups excluding carboxylic acids is 1. The fourth-order valence-corrected chi connectivity index (χ4v) is 2.89. The molecule has 0 spiro atoms. The van der Waals surface area contributed by atoms with Gasteiger partial charge in [-0.05, 0) is 46.4 Å². The molecule has 2 nitrogen and oxygen atoms in total. The SMILES string of the molecule is O=C(NCC(Cl)c1ccccc1)c1cc(Br)ccc1I. The number of nitrogens with one attached hydrogen (secondary N) is 1. The summed E-state index contributed by atoms with van der Waals surface area (Å²) in [6.45, 7) is 0.396. The molecular formula is C15H12BrClINO. The van der Waals surface area contributed by atoms with Gasteiger partial charge in [-0.3, -0.25) is 4.79 Å². The molecule has 0 aliphatic heterocycles. The highest BCUT2D eigenvalue weighted by Gasteiger charge is 2.13. The molecule has 20 heavy (non-hydrogen) atoms. The lowest BCUT2D eigenvalue weighted by molar-refractivity contribution is 0.0952. The smallest absolute Gasteiger partial charge is 0.252 e. The average Bonchev–Trinajstić information content (AvgIpc) is 2.47. The molecular weight excluding hydrogens is 452 g/mol. The summed E-state index contributed by atoms with van der Waals surface area (Å²) in [4.78, 5) is 12.2. The molecule has 0 saturated carbocycles. The number of alkyl halides is 1. The van der Waals surface area contributed by atoms with Crippen LogP contribution in [0.25, 0.3) is 0 Å². The maximum absolute atomic E-state index is 12.2. The van der Waals surface area contributed by atoms with E-state index in [-0.39, 0.29) is 11.3 Å². The van der Waals surface area contributed by atoms with Crippen LogP contribution < -0.4 is 5.32 Å².